The van der Waals surface area contributed by atoms with Gasteiger partial charge in [0.1, 0.15) is 22.9 Å². The zero-order valence-corrected chi connectivity index (χ0v) is 24.7. The molecule has 1 aliphatic rings. The van der Waals surface area contributed by atoms with Crippen LogP contribution in [-0.4, -0.2) is 47.8 Å². The Bertz CT molecular complexity index is 1510. The van der Waals surface area contributed by atoms with Crippen LogP contribution in [0.25, 0.3) is 0 Å². The SMILES string of the molecule is CC(=O)CNC(=O)[C@H]1CCC[C@H]1NC(=O)N[C@@](Cc1ccccc1)(c1cc(F)cc(OC(F)(F)C(F)F)c1)c1ccc(Cl)cn1. The molecule has 3 N–H and O–H groups in total. The molecule has 1 aromatic heterocycles. The van der Waals surface area contributed by atoms with E-state index in [1.807, 2.05) is 0 Å². The molecule has 3 aromatic rings. The molecule has 3 amide bonds. The fourth-order valence-corrected chi connectivity index (χ4v) is 5.42. The standard InChI is InChI=1S/C31H30ClF5N4O4/c1-18(42)16-39-27(43)24-8-5-9-25(24)40-29(44)41-30(15-19-6-3-2-4-7-19,26-11-10-21(32)17-38-26)20-12-22(33)14-23(13-20)45-31(36,37)28(34)35/h2-4,6-7,10-14,17,24-25,28H,5,8-9,15-16H2,1H3,(H,39,43)(H2,40,41,44)/t24-,25+,30-/m0/s1. The van der Waals surface area contributed by atoms with Crippen LogP contribution in [0.4, 0.5) is 26.7 Å². The van der Waals surface area contributed by atoms with E-state index in [1.54, 1.807) is 30.3 Å². The number of hydrogen-bond acceptors (Lipinski definition) is 5. The first-order chi connectivity index (χ1) is 21.3. The van der Waals surface area contributed by atoms with E-state index in [2.05, 4.69) is 25.7 Å². The number of hydrogen-bond donors (Lipinski definition) is 3. The highest BCUT2D eigenvalue weighted by Crippen LogP contribution is 2.37. The van der Waals surface area contributed by atoms with E-state index in [4.69, 9.17) is 11.6 Å². The zero-order valence-electron chi connectivity index (χ0n) is 24.0. The number of benzene rings is 2. The summed E-state index contributed by atoms with van der Waals surface area (Å²) in [5.41, 5.74) is -1.26. The average molecular weight is 653 g/mol. The van der Waals surface area contributed by atoms with Crippen molar-refractivity contribution in [2.24, 2.45) is 5.92 Å². The molecule has 14 heteroatoms. The normalized spacial score (nSPS) is 17.8. The van der Waals surface area contributed by atoms with Crippen molar-refractivity contribution in [3.05, 3.63) is 94.5 Å². The van der Waals surface area contributed by atoms with E-state index in [9.17, 15) is 31.9 Å². The Labute approximate surface area is 260 Å². The van der Waals surface area contributed by atoms with Crippen LogP contribution in [-0.2, 0) is 21.5 Å². The summed E-state index contributed by atoms with van der Waals surface area (Å²) in [7, 11) is 0. The average Bonchev–Trinajstić information content (AvgIpc) is 3.43. The van der Waals surface area contributed by atoms with Crippen molar-refractivity contribution in [1.82, 2.24) is 20.9 Å². The van der Waals surface area contributed by atoms with Crippen molar-refractivity contribution in [2.45, 2.75) is 56.7 Å². The van der Waals surface area contributed by atoms with Gasteiger partial charge in [-0.3, -0.25) is 14.6 Å². The van der Waals surface area contributed by atoms with Gasteiger partial charge >= 0.3 is 18.6 Å². The third kappa shape index (κ3) is 8.47. The van der Waals surface area contributed by atoms with Crippen LogP contribution in [0.1, 0.15) is 43.0 Å². The van der Waals surface area contributed by atoms with Gasteiger partial charge in [-0.15, -0.1) is 0 Å². The molecule has 240 valence electrons. The molecule has 0 unspecified atom stereocenters. The van der Waals surface area contributed by atoms with E-state index >= 15 is 4.39 Å². The predicted molar refractivity (Wildman–Crippen MR) is 155 cm³/mol. The monoisotopic (exact) mass is 652 g/mol. The Morgan fingerprint density at radius 3 is 2.44 bits per heavy atom. The fraction of sp³-hybridized carbons (Fsp3) is 0.355. The summed E-state index contributed by atoms with van der Waals surface area (Å²) in [4.78, 5) is 42.2. The Kier molecular flexibility index (Phi) is 10.6. The molecule has 0 aliphatic heterocycles. The van der Waals surface area contributed by atoms with Gasteiger partial charge in [0.2, 0.25) is 5.91 Å². The number of rotatable bonds is 12. The van der Waals surface area contributed by atoms with Crippen LogP contribution in [0.5, 0.6) is 5.75 Å². The van der Waals surface area contributed by atoms with Crippen LogP contribution >= 0.6 is 11.6 Å². The third-order valence-electron chi connectivity index (χ3n) is 7.36. The molecule has 2 aromatic carbocycles. The summed E-state index contributed by atoms with van der Waals surface area (Å²) in [5, 5.41) is 8.36. The third-order valence-corrected chi connectivity index (χ3v) is 7.58. The lowest BCUT2D eigenvalue weighted by Gasteiger charge is -2.36. The highest BCUT2D eigenvalue weighted by molar-refractivity contribution is 6.30. The van der Waals surface area contributed by atoms with E-state index in [0.717, 1.165) is 12.1 Å². The number of aromatic nitrogens is 1. The molecule has 0 radical (unpaired) electrons. The number of urea groups is 1. The van der Waals surface area contributed by atoms with Crippen LogP contribution in [0, 0.1) is 11.7 Å². The van der Waals surface area contributed by atoms with Crippen LogP contribution in [0.15, 0.2) is 66.9 Å². The first-order valence-corrected chi connectivity index (χ1v) is 14.3. The summed E-state index contributed by atoms with van der Waals surface area (Å²) in [6, 6.07) is 12.4. The van der Waals surface area contributed by atoms with Crippen molar-refractivity contribution in [3.63, 3.8) is 0 Å². The molecule has 0 saturated heterocycles. The highest BCUT2D eigenvalue weighted by atomic mass is 35.5. The molecule has 3 atom stereocenters. The fourth-order valence-electron chi connectivity index (χ4n) is 5.31. The molecule has 8 nitrogen and oxygen atoms in total. The number of carbonyl (C=O) groups is 3. The van der Waals surface area contributed by atoms with Gasteiger partial charge in [0.15, 0.2) is 0 Å². The molecular weight excluding hydrogens is 623 g/mol. The van der Waals surface area contributed by atoms with Gasteiger partial charge in [0.25, 0.3) is 0 Å². The van der Waals surface area contributed by atoms with Crippen molar-refractivity contribution in [1.29, 1.82) is 0 Å². The molecule has 1 fully saturated rings. The van der Waals surface area contributed by atoms with Gasteiger partial charge in [-0.25, -0.2) is 9.18 Å². The number of carbonyl (C=O) groups excluding carboxylic acids is 3. The van der Waals surface area contributed by atoms with Crippen LogP contribution < -0.4 is 20.7 Å². The predicted octanol–water partition coefficient (Wildman–Crippen LogP) is 5.77. The minimum Gasteiger partial charge on any atom is -0.428 e. The second kappa shape index (κ2) is 14.2. The molecule has 45 heavy (non-hydrogen) atoms. The Morgan fingerprint density at radius 2 is 1.80 bits per heavy atom. The topological polar surface area (TPSA) is 109 Å². The van der Waals surface area contributed by atoms with Crippen molar-refractivity contribution in [3.8, 4) is 5.75 Å². The number of pyridine rings is 1. The van der Waals surface area contributed by atoms with Crippen LogP contribution in [0.3, 0.4) is 0 Å². The summed E-state index contributed by atoms with van der Waals surface area (Å²) in [5.74, 6) is -3.32. The minimum atomic E-state index is -4.93. The van der Waals surface area contributed by atoms with Gasteiger partial charge in [0.05, 0.1) is 23.2 Å². The lowest BCUT2D eigenvalue weighted by molar-refractivity contribution is -0.253. The lowest BCUT2D eigenvalue weighted by Crippen LogP contribution is -2.55. The summed E-state index contributed by atoms with van der Waals surface area (Å²) < 4.78 is 73.0. The minimum absolute atomic E-state index is 0.102. The highest BCUT2D eigenvalue weighted by Gasteiger charge is 2.45. The van der Waals surface area contributed by atoms with Crippen molar-refractivity contribution >= 4 is 29.3 Å². The van der Waals surface area contributed by atoms with Crippen molar-refractivity contribution in [2.75, 3.05) is 6.54 Å². The molecule has 4 rings (SSSR count). The maximum atomic E-state index is 15.0. The van der Waals surface area contributed by atoms with Gasteiger partial charge in [-0.1, -0.05) is 48.4 Å². The Morgan fingerprint density at radius 1 is 1.07 bits per heavy atom. The van der Waals surface area contributed by atoms with E-state index < -0.39 is 53.5 Å². The van der Waals surface area contributed by atoms with Crippen molar-refractivity contribution < 1.29 is 41.1 Å². The van der Waals surface area contributed by atoms with Gasteiger partial charge < -0.3 is 20.7 Å². The van der Waals surface area contributed by atoms with Crippen LogP contribution in [0.2, 0.25) is 5.02 Å². The second-order valence-corrected chi connectivity index (χ2v) is 11.2. The number of Topliss-reactive ketones (excluding diaryl/α,β-unsaturated/α-hetero) is 1. The first-order valence-electron chi connectivity index (χ1n) is 14.0. The Balaban J connectivity index is 1.78. The molecule has 0 spiro atoms. The number of nitrogens with zero attached hydrogens (tertiary/aromatic N) is 1. The summed E-state index contributed by atoms with van der Waals surface area (Å²) in [6.45, 7) is 1.16. The summed E-state index contributed by atoms with van der Waals surface area (Å²) >= 11 is 6.08. The maximum absolute atomic E-state index is 15.0. The molecular formula is C31H30ClF5N4O4. The maximum Gasteiger partial charge on any atom is 0.461 e. The number of nitrogens with one attached hydrogen (secondary N) is 3. The first kappa shape index (κ1) is 33.6. The lowest BCUT2D eigenvalue weighted by atomic mass is 9.80. The molecule has 1 aliphatic carbocycles. The molecule has 1 heterocycles. The zero-order chi connectivity index (χ0) is 32.8. The van der Waals surface area contributed by atoms with E-state index in [1.165, 1.54) is 25.3 Å². The number of amides is 3. The summed E-state index contributed by atoms with van der Waals surface area (Å²) in [6.07, 6.45) is -6.48. The van der Waals surface area contributed by atoms with Gasteiger partial charge in [0, 0.05) is 24.7 Å². The van der Waals surface area contributed by atoms with E-state index in [0.29, 0.717) is 30.9 Å². The van der Waals surface area contributed by atoms with Gasteiger partial charge in [-0.05, 0) is 55.2 Å². The number of halogens is 6. The van der Waals surface area contributed by atoms with E-state index in [-0.39, 0.29) is 35.0 Å². The number of alkyl halides is 4. The largest absolute Gasteiger partial charge is 0.461 e. The number of ketones is 1. The van der Waals surface area contributed by atoms with Gasteiger partial charge in [-0.2, -0.15) is 17.6 Å². The Hall–Kier alpha value is -4.26. The number of ether oxygens (including phenoxy) is 1. The quantitative estimate of drug-likeness (QED) is 0.215. The molecule has 1 saturated carbocycles. The molecule has 0 bridgehead atoms. The smallest absolute Gasteiger partial charge is 0.428 e. The second-order valence-electron chi connectivity index (χ2n) is 10.7.